The molecule has 0 aromatic heterocycles. The van der Waals surface area contributed by atoms with Gasteiger partial charge < -0.3 is 10.2 Å². The van der Waals surface area contributed by atoms with Gasteiger partial charge in [-0.3, -0.25) is 0 Å². The van der Waals surface area contributed by atoms with Crippen LogP contribution in [0.15, 0.2) is 0 Å². The molecule has 2 nitrogen and oxygen atoms in total. The van der Waals surface area contributed by atoms with Crippen molar-refractivity contribution in [2.45, 2.75) is 13.3 Å². The average molecular weight is 141 g/mol. The van der Waals surface area contributed by atoms with Gasteiger partial charge in [0, 0.05) is 19.1 Å². The molecule has 0 atom stereocenters. The highest BCUT2D eigenvalue weighted by atomic mass is 35.5. The van der Waals surface area contributed by atoms with Crippen molar-refractivity contribution in [3.63, 3.8) is 0 Å². The molecule has 0 aliphatic rings. The molecule has 0 fully saturated rings. The summed E-state index contributed by atoms with van der Waals surface area (Å²) in [5, 5.41) is 15.6. The van der Waals surface area contributed by atoms with Gasteiger partial charge in [0.25, 0.3) is 0 Å². The summed E-state index contributed by atoms with van der Waals surface area (Å²) in [4.78, 5) is 0. The average Bonchev–Trinajstić information content (AvgIpc) is 1.71. The van der Waals surface area contributed by atoms with Crippen LogP contribution in [0.25, 0.3) is 0 Å². The zero-order chi connectivity index (χ0) is 6.83. The zero-order valence-electron chi connectivity index (χ0n) is 5.10. The van der Waals surface area contributed by atoms with Crippen LogP contribution in [0.5, 0.6) is 0 Å². The SMILES string of the molecule is CCO.OCCCCl. The summed E-state index contributed by atoms with van der Waals surface area (Å²) in [6.07, 6.45) is 0.710. The van der Waals surface area contributed by atoms with E-state index in [2.05, 4.69) is 0 Å². The molecule has 2 N–H and O–H groups in total. The zero-order valence-corrected chi connectivity index (χ0v) is 5.86. The van der Waals surface area contributed by atoms with Crippen LogP contribution in [0.4, 0.5) is 0 Å². The second kappa shape index (κ2) is 15.7. The van der Waals surface area contributed by atoms with Crippen molar-refractivity contribution in [1.82, 2.24) is 0 Å². The van der Waals surface area contributed by atoms with Gasteiger partial charge in [-0.2, -0.15) is 0 Å². The minimum Gasteiger partial charge on any atom is -0.397 e. The number of aliphatic hydroxyl groups excluding tert-OH is 2. The Hall–Kier alpha value is 0.210. The fourth-order valence-electron chi connectivity index (χ4n) is 0.0598. The van der Waals surface area contributed by atoms with E-state index in [-0.39, 0.29) is 13.2 Å². The topological polar surface area (TPSA) is 40.5 Å². The summed E-state index contributed by atoms with van der Waals surface area (Å²) in [5.41, 5.74) is 0. The van der Waals surface area contributed by atoms with E-state index in [1.54, 1.807) is 6.92 Å². The normalized spacial score (nSPS) is 7.50. The first-order valence-electron chi connectivity index (χ1n) is 2.61. The molecular formula is C5H13ClO2. The van der Waals surface area contributed by atoms with E-state index in [0.717, 1.165) is 0 Å². The molecule has 0 heterocycles. The Balaban J connectivity index is 0. The predicted octanol–water partition coefficient (Wildman–Crippen LogP) is 0.606. The highest BCUT2D eigenvalue weighted by molar-refractivity contribution is 6.17. The Morgan fingerprint density at radius 1 is 1.38 bits per heavy atom. The fourth-order valence-corrected chi connectivity index (χ4v) is 0.179. The molecule has 0 aliphatic heterocycles. The van der Waals surface area contributed by atoms with Crippen molar-refractivity contribution in [1.29, 1.82) is 0 Å². The Labute approximate surface area is 55.1 Å². The molecule has 8 heavy (non-hydrogen) atoms. The number of hydrogen-bond acceptors (Lipinski definition) is 2. The van der Waals surface area contributed by atoms with Gasteiger partial charge in [0.1, 0.15) is 0 Å². The minimum absolute atomic E-state index is 0.212. The van der Waals surface area contributed by atoms with E-state index in [1.807, 2.05) is 0 Å². The third-order valence-electron chi connectivity index (χ3n) is 0.292. The number of aliphatic hydroxyl groups is 2. The maximum atomic E-state index is 7.98. The Kier molecular flexibility index (Phi) is 21.7. The molecule has 0 saturated heterocycles. The van der Waals surface area contributed by atoms with Crippen LogP contribution in [0.2, 0.25) is 0 Å². The quantitative estimate of drug-likeness (QED) is 0.552. The third kappa shape index (κ3) is 34.5. The molecule has 0 bridgehead atoms. The van der Waals surface area contributed by atoms with E-state index < -0.39 is 0 Å². The Morgan fingerprint density at radius 3 is 1.75 bits per heavy atom. The van der Waals surface area contributed by atoms with Crippen LogP contribution in [0, 0.1) is 0 Å². The standard InChI is InChI=1S/C3H7ClO.C2H6O/c4-2-1-3-5;1-2-3/h5H,1-3H2;3H,2H2,1H3. The molecule has 52 valence electrons. The van der Waals surface area contributed by atoms with E-state index in [4.69, 9.17) is 21.8 Å². The van der Waals surface area contributed by atoms with Gasteiger partial charge >= 0.3 is 0 Å². The minimum atomic E-state index is 0.212. The molecule has 0 spiro atoms. The number of hydrogen-bond donors (Lipinski definition) is 2. The lowest BCUT2D eigenvalue weighted by Crippen LogP contribution is -1.79. The molecule has 0 aliphatic carbocycles. The van der Waals surface area contributed by atoms with Gasteiger partial charge in [0.05, 0.1) is 0 Å². The summed E-state index contributed by atoms with van der Waals surface area (Å²) in [5.74, 6) is 0.566. The van der Waals surface area contributed by atoms with E-state index in [9.17, 15) is 0 Å². The maximum Gasteiger partial charge on any atom is 0.0442 e. The van der Waals surface area contributed by atoms with Gasteiger partial charge in [0.2, 0.25) is 0 Å². The summed E-state index contributed by atoms with van der Waals surface area (Å²) in [6.45, 7) is 2.14. The van der Waals surface area contributed by atoms with Crippen molar-refractivity contribution < 1.29 is 10.2 Å². The lowest BCUT2D eigenvalue weighted by atomic mass is 10.5. The summed E-state index contributed by atoms with van der Waals surface area (Å²) in [6, 6.07) is 0. The van der Waals surface area contributed by atoms with Gasteiger partial charge in [-0.25, -0.2) is 0 Å². The molecule has 0 aromatic rings. The maximum absolute atomic E-state index is 7.98. The first-order chi connectivity index (χ1) is 3.83. The fraction of sp³-hybridized carbons (Fsp3) is 1.00. The van der Waals surface area contributed by atoms with Gasteiger partial charge in [-0.15, -0.1) is 11.6 Å². The van der Waals surface area contributed by atoms with Crippen molar-refractivity contribution in [3.8, 4) is 0 Å². The molecule has 0 aromatic carbocycles. The molecule has 0 radical (unpaired) electrons. The van der Waals surface area contributed by atoms with Crippen molar-refractivity contribution in [3.05, 3.63) is 0 Å². The van der Waals surface area contributed by atoms with E-state index in [0.29, 0.717) is 12.3 Å². The van der Waals surface area contributed by atoms with Crippen LogP contribution < -0.4 is 0 Å². The summed E-state index contributed by atoms with van der Waals surface area (Å²) >= 11 is 5.14. The monoisotopic (exact) mass is 140 g/mol. The lowest BCUT2D eigenvalue weighted by molar-refractivity contribution is 0.296. The number of rotatable bonds is 2. The van der Waals surface area contributed by atoms with Crippen LogP contribution in [0.1, 0.15) is 13.3 Å². The summed E-state index contributed by atoms with van der Waals surface area (Å²) in [7, 11) is 0. The Morgan fingerprint density at radius 2 is 1.75 bits per heavy atom. The lowest BCUT2D eigenvalue weighted by Gasteiger charge is -1.77. The Bertz CT molecular complexity index is 24.4. The number of alkyl halides is 1. The van der Waals surface area contributed by atoms with E-state index >= 15 is 0 Å². The van der Waals surface area contributed by atoms with Crippen molar-refractivity contribution >= 4 is 11.6 Å². The highest BCUT2D eigenvalue weighted by Gasteiger charge is 1.71. The van der Waals surface area contributed by atoms with E-state index in [1.165, 1.54) is 0 Å². The van der Waals surface area contributed by atoms with Crippen molar-refractivity contribution in [2.24, 2.45) is 0 Å². The van der Waals surface area contributed by atoms with Crippen LogP contribution in [-0.4, -0.2) is 29.3 Å². The second-order valence-corrected chi connectivity index (χ2v) is 1.46. The van der Waals surface area contributed by atoms with Gasteiger partial charge in [-0.1, -0.05) is 0 Å². The summed E-state index contributed by atoms with van der Waals surface area (Å²) < 4.78 is 0. The van der Waals surface area contributed by atoms with Crippen LogP contribution in [0.3, 0.4) is 0 Å². The third-order valence-corrected chi connectivity index (χ3v) is 0.559. The van der Waals surface area contributed by atoms with Crippen LogP contribution >= 0.6 is 11.6 Å². The largest absolute Gasteiger partial charge is 0.397 e. The molecule has 0 unspecified atom stereocenters. The van der Waals surface area contributed by atoms with Gasteiger partial charge in [0.15, 0.2) is 0 Å². The molecule has 3 heteroatoms. The first-order valence-corrected chi connectivity index (χ1v) is 3.14. The first kappa shape index (κ1) is 11.1. The van der Waals surface area contributed by atoms with Gasteiger partial charge in [-0.05, 0) is 13.3 Å². The van der Waals surface area contributed by atoms with Crippen LogP contribution in [-0.2, 0) is 0 Å². The smallest absolute Gasteiger partial charge is 0.0442 e. The molecular weight excluding hydrogens is 128 g/mol. The molecule has 0 rings (SSSR count). The predicted molar refractivity (Wildman–Crippen MR) is 35.2 cm³/mol. The molecule has 0 saturated carbocycles. The highest BCUT2D eigenvalue weighted by Crippen LogP contribution is 1.77. The number of halogens is 1. The molecule has 0 amide bonds. The second-order valence-electron chi connectivity index (χ2n) is 1.08. The van der Waals surface area contributed by atoms with Crippen molar-refractivity contribution in [2.75, 3.05) is 19.1 Å².